The van der Waals surface area contributed by atoms with Crippen LogP contribution in [0.15, 0.2) is 0 Å². The van der Waals surface area contributed by atoms with Crippen LogP contribution in [0.1, 0.15) is 40.0 Å². The molecule has 0 saturated heterocycles. The molecule has 0 saturated carbocycles. The summed E-state index contributed by atoms with van der Waals surface area (Å²) < 4.78 is 8.23. The number of hydrogen-bond donors (Lipinski definition) is 1. The minimum absolute atomic E-state index is 0.0133. The summed E-state index contributed by atoms with van der Waals surface area (Å²) in [5.74, 6) is -0.779. The first kappa shape index (κ1) is 23.8. The topological polar surface area (TPSA) is 81.7 Å². The second-order valence-electron chi connectivity index (χ2n) is 5.99. The lowest BCUT2D eigenvalue weighted by Gasteiger charge is -2.23. The van der Waals surface area contributed by atoms with Crippen molar-refractivity contribution in [3.05, 3.63) is 0 Å². The van der Waals surface area contributed by atoms with Gasteiger partial charge >= 0.3 is 12.1 Å². The van der Waals surface area contributed by atoms with E-state index in [1.54, 1.807) is 20.8 Å². The van der Waals surface area contributed by atoms with E-state index in [2.05, 4.69) is 21.2 Å². The number of carbonyl (C=O) groups excluding carboxylic acids is 3. The molecule has 0 aromatic rings. The molecule has 6 nitrogen and oxygen atoms in total. The number of rotatable bonds is 8. The Morgan fingerprint density at radius 3 is 2.21 bits per heavy atom. The van der Waals surface area contributed by atoms with E-state index < -0.39 is 34.1 Å². The molecular weight excluding hydrogens is 448 g/mol. The van der Waals surface area contributed by atoms with E-state index in [1.807, 2.05) is 0 Å². The Labute approximate surface area is 165 Å². The molecule has 0 aliphatic heterocycles. The van der Waals surface area contributed by atoms with Crippen molar-refractivity contribution in [2.45, 2.75) is 55.5 Å². The van der Waals surface area contributed by atoms with Gasteiger partial charge in [0.15, 0.2) is 0 Å². The number of esters is 1. The van der Waals surface area contributed by atoms with Crippen LogP contribution in [-0.4, -0.2) is 45.2 Å². The van der Waals surface area contributed by atoms with E-state index >= 15 is 0 Å². The summed E-state index contributed by atoms with van der Waals surface area (Å²) in [7, 11) is 0. The maximum atomic E-state index is 12.1. The molecule has 1 N–H and O–H groups in total. The first-order valence-corrected chi connectivity index (χ1v) is 9.40. The summed E-state index contributed by atoms with van der Waals surface area (Å²) in [5, 5.41) is 2.64. The number of nitrogens with one attached hydrogen (secondary N) is 1. The van der Waals surface area contributed by atoms with E-state index in [4.69, 9.17) is 44.3 Å². The van der Waals surface area contributed by atoms with Gasteiger partial charge in [0.1, 0.15) is 24.0 Å². The quantitative estimate of drug-likeness (QED) is 0.430. The molecule has 140 valence electrons. The normalized spacial score (nSPS) is 13.1. The zero-order valence-corrected chi connectivity index (χ0v) is 17.5. The third kappa shape index (κ3) is 13.1. The van der Waals surface area contributed by atoms with Crippen molar-refractivity contribution in [1.82, 2.24) is 5.32 Å². The molecular formula is C14H21BrCl3NO5. The summed E-state index contributed by atoms with van der Waals surface area (Å²) in [6.45, 7) is 4.62. The van der Waals surface area contributed by atoms with Crippen LogP contribution in [0.25, 0.3) is 0 Å². The van der Waals surface area contributed by atoms with Gasteiger partial charge in [-0.3, -0.25) is 4.79 Å². The van der Waals surface area contributed by atoms with E-state index in [-0.39, 0.29) is 24.0 Å². The maximum Gasteiger partial charge on any atom is 0.408 e. The fourth-order valence-electron chi connectivity index (χ4n) is 1.52. The minimum atomic E-state index is -1.75. The van der Waals surface area contributed by atoms with Crippen molar-refractivity contribution < 1.29 is 23.9 Å². The number of alkyl carbamates (subject to hydrolysis) is 1. The molecule has 10 heteroatoms. The highest BCUT2D eigenvalue weighted by atomic mass is 79.9. The molecule has 0 aliphatic carbocycles. The number of carbonyl (C=O) groups is 3. The first-order valence-electron chi connectivity index (χ1n) is 7.14. The van der Waals surface area contributed by atoms with Gasteiger partial charge in [-0.15, -0.1) is 0 Å². The van der Waals surface area contributed by atoms with Gasteiger partial charge in [0.05, 0.1) is 5.33 Å². The SMILES string of the molecule is CC(C)(C)OC(=O)NC(CCCC(=O)CBr)C(=O)OCC(Cl)(Cl)Cl. The molecule has 1 amide bonds. The molecule has 0 aromatic heterocycles. The van der Waals surface area contributed by atoms with Gasteiger partial charge in [-0.2, -0.15) is 0 Å². The van der Waals surface area contributed by atoms with E-state index in [0.29, 0.717) is 6.42 Å². The molecule has 0 aliphatic rings. The molecule has 0 spiro atoms. The van der Waals surface area contributed by atoms with E-state index in [1.165, 1.54) is 0 Å². The standard InChI is InChI=1S/C14H21BrCl3NO5/c1-13(2,3)24-12(22)19-10(6-4-5-9(20)7-15)11(21)23-8-14(16,17)18/h10H,4-8H2,1-3H3,(H,19,22). The molecule has 0 rings (SSSR count). The van der Waals surface area contributed by atoms with Crippen LogP contribution in [0, 0.1) is 0 Å². The predicted molar refractivity (Wildman–Crippen MR) is 97.1 cm³/mol. The summed E-state index contributed by atoms with van der Waals surface area (Å²) in [6.07, 6.45) is 0.0602. The van der Waals surface area contributed by atoms with Crippen LogP contribution in [0.2, 0.25) is 0 Å². The van der Waals surface area contributed by atoms with Crippen molar-refractivity contribution in [3.8, 4) is 0 Å². The fraction of sp³-hybridized carbons (Fsp3) is 0.786. The molecule has 1 unspecified atom stereocenters. The van der Waals surface area contributed by atoms with Crippen LogP contribution in [0.4, 0.5) is 4.79 Å². The van der Waals surface area contributed by atoms with E-state index in [0.717, 1.165) is 0 Å². The van der Waals surface area contributed by atoms with Gasteiger partial charge in [0, 0.05) is 6.42 Å². The second kappa shape index (κ2) is 10.7. The Morgan fingerprint density at radius 1 is 1.17 bits per heavy atom. The number of Topliss-reactive ketones (excluding diaryl/α,β-unsaturated/α-hetero) is 1. The number of alkyl halides is 4. The molecule has 0 aromatic carbocycles. The number of ketones is 1. The Balaban J connectivity index is 4.72. The first-order chi connectivity index (χ1) is 10.8. The van der Waals surface area contributed by atoms with Crippen LogP contribution in [-0.2, 0) is 19.1 Å². The molecule has 0 bridgehead atoms. The van der Waals surface area contributed by atoms with Gasteiger partial charge in [0.2, 0.25) is 3.79 Å². The van der Waals surface area contributed by atoms with Gasteiger partial charge in [-0.1, -0.05) is 50.7 Å². The fourth-order valence-corrected chi connectivity index (χ4v) is 1.97. The largest absolute Gasteiger partial charge is 0.460 e. The second-order valence-corrected chi connectivity index (χ2v) is 9.06. The number of hydrogen-bond acceptors (Lipinski definition) is 5. The van der Waals surface area contributed by atoms with Crippen LogP contribution >= 0.6 is 50.7 Å². The maximum absolute atomic E-state index is 12.1. The molecule has 0 radical (unpaired) electrons. The Kier molecular flexibility index (Phi) is 10.6. The average Bonchev–Trinajstić information content (AvgIpc) is 2.40. The zero-order valence-electron chi connectivity index (χ0n) is 13.7. The monoisotopic (exact) mass is 467 g/mol. The van der Waals surface area contributed by atoms with Crippen molar-refractivity contribution in [2.75, 3.05) is 11.9 Å². The number of ether oxygens (including phenoxy) is 2. The lowest BCUT2D eigenvalue weighted by molar-refractivity contribution is -0.146. The van der Waals surface area contributed by atoms with Crippen LogP contribution in [0.5, 0.6) is 0 Å². The van der Waals surface area contributed by atoms with Gasteiger partial charge in [0.25, 0.3) is 0 Å². The van der Waals surface area contributed by atoms with Gasteiger partial charge < -0.3 is 14.8 Å². The molecule has 1 atom stereocenters. The van der Waals surface area contributed by atoms with Crippen molar-refractivity contribution in [3.63, 3.8) is 0 Å². The zero-order chi connectivity index (χ0) is 19.0. The summed E-state index contributed by atoms with van der Waals surface area (Å²) in [4.78, 5) is 35.2. The van der Waals surface area contributed by atoms with Crippen LogP contribution < -0.4 is 5.32 Å². The third-order valence-corrected chi connectivity index (χ3v) is 3.40. The smallest absolute Gasteiger partial charge is 0.408 e. The highest BCUT2D eigenvalue weighted by molar-refractivity contribution is 9.09. The highest BCUT2D eigenvalue weighted by Crippen LogP contribution is 2.26. The highest BCUT2D eigenvalue weighted by Gasteiger charge is 2.28. The predicted octanol–water partition coefficient (Wildman–Crippen LogP) is 3.93. The van der Waals surface area contributed by atoms with Crippen molar-refractivity contribution in [2.24, 2.45) is 0 Å². The van der Waals surface area contributed by atoms with E-state index in [9.17, 15) is 14.4 Å². The lowest BCUT2D eigenvalue weighted by atomic mass is 10.1. The van der Waals surface area contributed by atoms with Crippen molar-refractivity contribution in [1.29, 1.82) is 0 Å². The van der Waals surface area contributed by atoms with Crippen LogP contribution in [0.3, 0.4) is 0 Å². The molecule has 24 heavy (non-hydrogen) atoms. The Bertz CT molecular complexity index is 449. The number of amides is 1. The van der Waals surface area contributed by atoms with Crippen molar-refractivity contribution >= 4 is 68.6 Å². The Hall–Kier alpha value is -0.240. The average molecular weight is 470 g/mol. The number of halogens is 4. The third-order valence-electron chi connectivity index (χ3n) is 2.45. The summed E-state index contributed by atoms with van der Waals surface area (Å²) in [6, 6.07) is -1.00. The van der Waals surface area contributed by atoms with Gasteiger partial charge in [-0.25, -0.2) is 9.59 Å². The lowest BCUT2D eigenvalue weighted by Crippen LogP contribution is -2.44. The summed E-state index contributed by atoms with van der Waals surface area (Å²) >= 11 is 19.6. The Morgan fingerprint density at radius 2 is 1.75 bits per heavy atom. The van der Waals surface area contributed by atoms with Gasteiger partial charge in [-0.05, 0) is 33.6 Å². The molecule has 0 fully saturated rings. The minimum Gasteiger partial charge on any atom is -0.460 e. The molecule has 0 heterocycles. The summed E-state index contributed by atoms with van der Waals surface area (Å²) in [5.41, 5.74) is -0.720.